The molecule has 28 heavy (non-hydrogen) atoms. The number of ether oxygens (including phenoxy) is 2. The highest BCUT2D eigenvalue weighted by Crippen LogP contribution is 2.33. The summed E-state index contributed by atoms with van der Waals surface area (Å²) in [5, 5.41) is 3.08. The zero-order chi connectivity index (χ0) is 20.9. The molecule has 0 bridgehead atoms. The monoisotopic (exact) mass is 446 g/mol. The van der Waals surface area contributed by atoms with Crippen molar-refractivity contribution in [3.8, 4) is 5.75 Å². The fourth-order valence-electron chi connectivity index (χ4n) is 2.22. The maximum absolute atomic E-state index is 12.8. The van der Waals surface area contributed by atoms with Crippen LogP contribution in [0, 0.1) is 0 Å². The minimum atomic E-state index is -3.72. The predicted octanol–water partition coefficient (Wildman–Crippen LogP) is 3.52. The lowest BCUT2D eigenvalue weighted by molar-refractivity contribution is 0.102. The molecule has 0 aliphatic heterocycles. The van der Waals surface area contributed by atoms with Gasteiger partial charge in [0.1, 0.15) is 6.61 Å². The van der Waals surface area contributed by atoms with E-state index in [2.05, 4.69) is 5.32 Å². The Morgan fingerprint density at radius 1 is 1.11 bits per heavy atom. The summed E-state index contributed by atoms with van der Waals surface area (Å²) < 4.78 is 36.2. The van der Waals surface area contributed by atoms with E-state index in [0.717, 1.165) is 4.31 Å². The fraction of sp³-hybridized carbons (Fsp3) is 0.278. The van der Waals surface area contributed by atoms with Crippen molar-refractivity contribution < 1.29 is 22.7 Å². The molecule has 0 atom stereocenters. The van der Waals surface area contributed by atoms with Crippen LogP contribution in [0.1, 0.15) is 10.4 Å². The molecule has 0 aromatic heterocycles. The second kappa shape index (κ2) is 9.58. The number of halogens is 2. The number of carbonyl (C=O) groups is 1. The van der Waals surface area contributed by atoms with Gasteiger partial charge in [0.25, 0.3) is 5.91 Å². The molecule has 0 unspecified atom stereocenters. The van der Waals surface area contributed by atoms with Gasteiger partial charge in [0.05, 0.1) is 32.8 Å². The quantitative estimate of drug-likeness (QED) is 0.626. The zero-order valence-electron chi connectivity index (χ0n) is 15.5. The summed E-state index contributed by atoms with van der Waals surface area (Å²) in [5.41, 5.74) is 0.331. The Kier molecular flexibility index (Phi) is 7.68. The summed E-state index contributed by atoms with van der Waals surface area (Å²) in [6.07, 6.45) is 0. The van der Waals surface area contributed by atoms with Crippen molar-refractivity contribution >= 4 is 44.8 Å². The minimum Gasteiger partial charge on any atom is -0.487 e. The van der Waals surface area contributed by atoms with Crippen LogP contribution < -0.4 is 10.1 Å². The van der Waals surface area contributed by atoms with Gasteiger partial charge in [-0.25, -0.2) is 12.7 Å². The van der Waals surface area contributed by atoms with Crippen molar-refractivity contribution in [3.05, 3.63) is 52.0 Å². The van der Waals surface area contributed by atoms with Gasteiger partial charge in [-0.05, 0) is 30.3 Å². The molecule has 152 valence electrons. The Bertz CT molecular complexity index is 964. The molecular weight excluding hydrogens is 427 g/mol. The maximum atomic E-state index is 12.8. The first-order chi connectivity index (χ1) is 13.2. The third-order valence-corrected chi connectivity index (χ3v) is 6.15. The first kappa shape index (κ1) is 22.4. The van der Waals surface area contributed by atoms with Gasteiger partial charge in [0.2, 0.25) is 10.0 Å². The van der Waals surface area contributed by atoms with Crippen LogP contribution in [0.15, 0.2) is 41.3 Å². The standard InChI is InChI=1S/C18H20Cl2N2O5S/c1-22(2)28(24,25)12-7-8-14(19)13(11-12)18(23)21-16-6-4-5-15(20)17(16)27-10-9-26-3/h4-8,11H,9-10H2,1-3H3,(H,21,23). The lowest BCUT2D eigenvalue weighted by atomic mass is 10.2. The van der Waals surface area contributed by atoms with Gasteiger partial charge in [-0.15, -0.1) is 0 Å². The third kappa shape index (κ3) is 5.15. The maximum Gasteiger partial charge on any atom is 0.257 e. The Morgan fingerprint density at radius 3 is 2.46 bits per heavy atom. The van der Waals surface area contributed by atoms with E-state index in [1.54, 1.807) is 18.2 Å². The Balaban J connectivity index is 2.35. The SMILES string of the molecule is COCCOc1c(Cl)cccc1NC(=O)c1cc(S(=O)(=O)N(C)C)ccc1Cl. The van der Waals surface area contributed by atoms with Crippen molar-refractivity contribution in [2.75, 3.05) is 39.7 Å². The molecule has 0 aliphatic carbocycles. The summed E-state index contributed by atoms with van der Waals surface area (Å²) in [6.45, 7) is 0.579. The normalized spacial score (nSPS) is 11.5. The number of para-hydroxylation sites is 1. The van der Waals surface area contributed by atoms with Crippen LogP contribution in [-0.2, 0) is 14.8 Å². The summed E-state index contributed by atoms with van der Waals surface area (Å²) in [4.78, 5) is 12.7. The number of methoxy groups -OCH3 is 1. The van der Waals surface area contributed by atoms with Crippen molar-refractivity contribution in [1.29, 1.82) is 0 Å². The number of rotatable bonds is 8. The molecule has 0 radical (unpaired) electrons. The second-order valence-corrected chi connectivity index (χ2v) is 8.81. The van der Waals surface area contributed by atoms with Gasteiger partial charge in [-0.2, -0.15) is 0 Å². The van der Waals surface area contributed by atoms with E-state index in [0.29, 0.717) is 17.3 Å². The molecule has 10 heteroatoms. The van der Waals surface area contributed by atoms with Gasteiger partial charge < -0.3 is 14.8 Å². The first-order valence-electron chi connectivity index (χ1n) is 8.12. The number of benzene rings is 2. The summed E-state index contributed by atoms with van der Waals surface area (Å²) in [6, 6.07) is 8.81. The van der Waals surface area contributed by atoms with Crippen LogP contribution >= 0.6 is 23.2 Å². The van der Waals surface area contributed by atoms with E-state index < -0.39 is 15.9 Å². The largest absolute Gasteiger partial charge is 0.487 e. The van der Waals surface area contributed by atoms with E-state index in [4.69, 9.17) is 32.7 Å². The molecule has 0 spiro atoms. The number of anilines is 1. The van der Waals surface area contributed by atoms with Gasteiger partial charge >= 0.3 is 0 Å². The van der Waals surface area contributed by atoms with E-state index in [-0.39, 0.29) is 27.8 Å². The number of carbonyl (C=O) groups excluding carboxylic acids is 1. The van der Waals surface area contributed by atoms with Gasteiger partial charge in [-0.3, -0.25) is 4.79 Å². The number of sulfonamides is 1. The van der Waals surface area contributed by atoms with Crippen LogP contribution in [0.2, 0.25) is 10.0 Å². The van der Waals surface area contributed by atoms with E-state index in [1.807, 2.05) is 0 Å². The van der Waals surface area contributed by atoms with Crippen LogP contribution in [0.5, 0.6) is 5.75 Å². The number of amides is 1. The highest BCUT2D eigenvalue weighted by Gasteiger charge is 2.21. The summed E-state index contributed by atoms with van der Waals surface area (Å²) in [5.74, 6) is -0.317. The zero-order valence-corrected chi connectivity index (χ0v) is 17.9. The molecular formula is C18H20Cl2N2O5S. The average Bonchev–Trinajstić information content (AvgIpc) is 2.64. The average molecular weight is 447 g/mol. The molecule has 0 fully saturated rings. The Hall–Kier alpha value is -1.84. The Morgan fingerprint density at radius 2 is 1.82 bits per heavy atom. The minimum absolute atomic E-state index is 0.00686. The van der Waals surface area contributed by atoms with Gasteiger partial charge in [0, 0.05) is 21.2 Å². The molecule has 0 saturated carbocycles. The molecule has 0 heterocycles. The molecule has 2 aromatic rings. The van der Waals surface area contributed by atoms with Crippen LogP contribution in [-0.4, -0.2) is 53.0 Å². The topological polar surface area (TPSA) is 84.9 Å². The third-order valence-electron chi connectivity index (χ3n) is 3.71. The molecule has 7 nitrogen and oxygen atoms in total. The van der Waals surface area contributed by atoms with Crippen LogP contribution in [0.3, 0.4) is 0 Å². The fourth-order valence-corrected chi connectivity index (χ4v) is 3.58. The highest BCUT2D eigenvalue weighted by molar-refractivity contribution is 7.89. The highest BCUT2D eigenvalue weighted by atomic mass is 35.5. The Labute approximate surface area is 174 Å². The van der Waals surface area contributed by atoms with Crippen molar-refractivity contribution in [2.24, 2.45) is 0 Å². The van der Waals surface area contributed by atoms with Crippen molar-refractivity contribution in [1.82, 2.24) is 4.31 Å². The van der Waals surface area contributed by atoms with E-state index in [1.165, 1.54) is 39.4 Å². The lowest BCUT2D eigenvalue weighted by Gasteiger charge is -2.15. The predicted molar refractivity (Wildman–Crippen MR) is 109 cm³/mol. The molecule has 2 rings (SSSR count). The number of nitrogens with one attached hydrogen (secondary N) is 1. The van der Waals surface area contributed by atoms with Crippen LogP contribution in [0.4, 0.5) is 5.69 Å². The molecule has 1 amide bonds. The summed E-state index contributed by atoms with van der Waals surface area (Å²) in [7, 11) is 0.624. The molecule has 1 N–H and O–H groups in total. The second-order valence-electron chi connectivity index (χ2n) is 5.84. The van der Waals surface area contributed by atoms with Crippen molar-refractivity contribution in [2.45, 2.75) is 4.90 Å². The number of hydrogen-bond donors (Lipinski definition) is 1. The lowest BCUT2D eigenvalue weighted by Crippen LogP contribution is -2.23. The molecule has 0 aliphatic rings. The smallest absolute Gasteiger partial charge is 0.257 e. The number of hydrogen-bond acceptors (Lipinski definition) is 5. The summed E-state index contributed by atoms with van der Waals surface area (Å²) >= 11 is 12.3. The van der Waals surface area contributed by atoms with Gasteiger partial charge in [0.15, 0.2) is 5.75 Å². The van der Waals surface area contributed by atoms with E-state index in [9.17, 15) is 13.2 Å². The molecule has 2 aromatic carbocycles. The van der Waals surface area contributed by atoms with Gasteiger partial charge in [-0.1, -0.05) is 29.3 Å². The first-order valence-corrected chi connectivity index (χ1v) is 10.3. The van der Waals surface area contributed by atoms with Crippen LogP contribution in [0.25, 0.3) is 0 Å². The molecule has 0 saturated heterocycles. The van der Waals surface area contributed by atoms with Crippen molar-refractivity contribution in [3.63, 3.8) is 0 Å². The van der Waals surface area contributed by atoms with E-state index >= 15 is 0 Å². The number of nitrogens with zero attached hydrogens (tertiary/aromatic N) is 1.